The lowest BCUT2D eigenvalue weighted by Crippen LogP contribution is -2.56. The Morgan fingerprint density at radius 3 is 2.53 bits per heavy atom. The molecule has 2 bridgehead atoms. The Labute approximate surface area is 117 Å². The van der Waals surface area contributed by atoms with Crippen LogP contribution in [0.15, 0.2) is 0 Å². The van der Waals surface area contributed by atoms with Gasteiger partial charge in [0, 0.05) is 24.7 Å². The van der Waals surface area contributed by atoms with E-state index in [0.717, 1.165) is 25.7 Å². The monoisotopic (exact) mass is 267 g/mol. The molecule has 2 rings (SSSR count). The molecule has 19 heavy (non-hydrogen) atoms. The lowest BCUT2D eigenvalue weighted by atomic mass is 9.82. The molecular formula is C15H29N3O. The second-order valence-electron chi connectivity index (χ2n) is 6.30. The predicted molar refractivity (Wildman–Crippen MR) is 77.8 cm³/mol. The third-order valence-corrected chi connectivity index (χ3v) is 4.98. The standard InChI is InChI=1S/C15H29N3O/c1-3-5-11(10-16)15(19)17-12-8-13-6-4-7-14(9-12)18(13)2/h11-14H,3-10,16H2,1-2H3,(H,17,19). The maximum absolute atomic E-state index is 12.2. The van der Waals surface area contributed by atoms with Crippen molar-refractivity contribution in [1.82, 2.24) is 10.2 Å². The van der Waals surface area contributed by atoms with Gasteiger partial charge in [-0.05, 0) is 39.2 Å². The molecule has 2 aliphatic rings. The van der Waals surface area contributed by atoms with Crippen molar-refractivity contribution in [2.75, 3.05) is 13.6 Å². The summed E-state index contributed by atoms with van der Waals surface area (Å²) in [5.41, 5.74) is 5.71. The van der Waals surface area contributed by atoms with Crippen LogP contribution in [0.5, 0.6) is 0 Å². The molecule has 3 atom stereocenters. The maximum Gasteiger partial charge on any atom is 0.224 e. The van der Waals surface area contributed by atoms with Gasteiger partial charge in [-0.2, -0.15) is 0 Å². The van der Waals surface area contributed by atoms with Crippen LogP contribution in [0.4, 0.5) is 0 Å². The van der Waals surface area contributed by atoms with Gasteiger partial charge in [0.15, 0.2) is 0 Å². The van der Waals surface area contributed by atoms with E-state index in [9.17, 15) is 4.79 Å². The molecule has 4 heteroatoms. The fourth-order valence-electron chi connectivity index (χ4n) is 3.76. The zero-order valence-corrected chi connectivity index (χ0v) is 12.4. The lowest BCUT2D eigenvalue weighted by molar-refractivity contribution is -0.126. The van der Waals surface area contributed by atoms with Gasteiger partial charge in [0.1, 0.15) is 0 Å². The largest absolute Gasteiger partial charge is 0.353 e. The number of piperidine rings is 2. The van der Waals surface area contributed by atoms with E-state index in [1.807, 2.05) is 0 Å². The zero-order valence-electron chi connectivity index (χ0n) is 12.4. The third kappa shape index (κ3) is 3.48. The summed E-state index contributed by atoms with van der Waals surface area (Å²) in [6.45, 7) is 2.58. The minimum atomic E-state index is 0.00416. The second kappa shape index (κ2) is 6.71. The molecule has 2 saturated heterocycles. The van der Waals surface area contributed by atoms with Crippen molar-refractivity contribution < 1.29 is 4.79 Å². The van der Waals surface area contributed by atoms with Crippen molar-refractivity contribution in [2.45, 2.75) is 70.0 Å². The van der Waals surface area contributed by atoms with Gasteiger partial charge in [-0.1, -0.05) is 19.8 Å². The smallest absolute Gasteiger partial charge is 0.224 e. The maximum atomic E-state index is 12.2. The number of amides is 1. The highest BCUT2D eigenvalue weighted by atomic mass is 16.1. The molecule has 0 spiro atoms. The average molecular weight is 267 g/mol. The fourth-order valence-corrected chi connectivity index (χ4v) is 3.76. The van der Waals surface area contributed by atoms with Crippen LogP contribution in [-0.2, 0) is 4.79 Å². The van der Waals surface area contributed by atoms with Gasteiger partial charge in [0.05, 0.1) is 5.92 Å². The first-order valence-corrected chi connectivity index (χ1v) is 7.88. The topological polar surface area (TPSA) is 58.4 Å². The Bertz CT molecular complexity index is 294. The van der Waals surface area contributed by atoms with Crippen LogP contribution in [0.3, 0.4) is 0 Å². The van der Waals surface area contributed by atoms with Gasteiger partial charge in [0.2, 0.25) is 5.91 Å². The highest BCUT2D eigenvalue weighted by Gasteiger charge is 2.36. The van der Waals surface area contributed by atoms with Crippen molar-refractivity contribution in [3.63, 3.8) is 0 Å². The second-order valence-corrected chi connectivity index (χ2v) is 6.30. The fraction of sp³-hybridized carbons (Fsp3) is 0.933. The van der Waals surface area contributed by atoms with Crippen LogP contribution in [0, 0.1) is 5.92 Å². The van der Waals surface area contributed by atoms with Crippen LogP contribution in [0.2, 0.25) is 0 Å². The number of carbonyl (C=O) groups is 1. The summed E-state index contributed by atoms with van der Waals surface area (Å²) < 4.78 is 0. The molecule has 0 aromatic carbocycles. The minimum Gasteiger partial charge on any atom is -0.353 e. The number of nitrogens with zero attached hydrogens (tertiary/aromatic N) is 1. The van der Waals surface area contributed by atoms with Crippen LogP contribution >= 0.6 is 0 Å². The molecule has 110 valence electrons. The first-order chi connectivity index (χ1) is 9.15. The summed E-state index contributed by atoms with van der Waals surface area (Å²) >= 11 is 0. The number of hydrogen-bond donors (Lipinski definition) is 2. The Balaban J connectivity index is 1.88. The molecule has 4 nitrogen and oxygen atoms in total. The number of rotatable bonds is 5. The SMILES string of the molecule is CCCC(CN)C(=O)NC1CC2CCCC(C1)N2C. The molecule has 0 aliphatic carbocycles. The molecule has 2 heterocycles. The van der Waals surface area contributed by atoms with Crippen LogP contribution in [0.1, 0.15) is 51.9 Å². The Morgan fingerprint density at radius 1 is 1.37 bits per heavy atom. The van der Waals surface area contributed by atoms with E-state index in [1.54, 1.807) is 0 Å². The Hall–Kier alpha value is -0.610. The van der Waals surface area contributed by atoms with Gasteiger partial charge in [0.25, 0.3) is 0 Å². The molecule has 0 aromatic rings. The van der Waals surface area contributed by atoms with Gasteiger partial charge >= 0.3 is 0 Å². The number of nitrogens with two attached hydrogens (primary N) is 1. The van der Waals surface area contributed by atoms with Crippen molar-refractivity contribution in [2.24, 2.45) is 11.7 Å². The van der Waals surface area contributed by atoms with Gasteiger partial charge < -0.3 is 16.0 Å². The Kier molecular flexibility index (Phi) is 5.22. The lowest BCUT2D eigenvalue weighted by Gasteiger charge is -2.47. The van der Waals surface area contributed by atoms with Gasteiger partial charge in [-0.15, -0.1) is 0 Å². The van der Waals surface area contributed by atoms with Crippen molar-refractivity contribution >= 4 is 5.91 Å². The van der Waals surface area contributed by atoms with Crippen LogP contribution in [-0.4, -0.2) is 42.5 Å². The summed E-state index contributed by atoms with van der Waals surface area (Å²) in [5.74, 6) is 0.182. The first kappa shape index (κ1) is 14.8. The normalized spacial score (nSPS) is 32.9. The zero-order chi connectivity index (χ0) is 13.8. The minimum absolute atomic E-state index is 0.00416. The summed E-state index contributed by atoms with van der Waals surface area (Å²) in [5, 5.41) is 3.26. The summed E-state index contributed by atoms with van der Waals surface area (Å²) in [7, 11) is 2.24. The molecule has 2 fully saturated rings. The van der Waals surface area contributed by atoms with Gasteiger partial charge in [-0.25, -0.2) is 0 Å². The molecule has 0 aromatic heterocycles. The van der Waals surface area contributed by atoms with E-state index >= 15 is 0 Å². The number of hydrogen-bond acceptors (Lipinski definition) is 3. The molecule has 0 radical (unpaired) electrons. The quantitative estimate of drug-likeness (QED) is 0.793. The number of fused-ring (bicyclic) bond motifs is 2. The van der Waals surface area contributed by atoms with Gasteiger partial charge in [-0.3, -0.25) is 4.79 Å². The average Bonchev–Trinajstić information content (AvgIpc) is 2.37. The molecular weight excluding hydrogens is 238 g/mol. The van der Waals surface area contributed by atoms with E-state index in [4.69, 9.17) is 5.73 Å². The molecule has 1 amide bonds. The van der Waals surface area contributed by atoms with E-state index in [0.29, 0.717) is 24.7 Å². The molecule has 3 unspecified atom stereocenters. The number of nitrogens with one attached hydrogen (secondary N) is 1. The van der Waals surface area contributed by atoms with Crippen molar-refractivity contribution in [3.8, 4) is 0 Å². The predicted octanol–water partition coefficient (Wildman–Crippen LogP) is 1.49. The highest BCUT2D eigenvalue weighted by Crippen LogP contribution is 2.32. The first-order valence-electron chi connectivity index (χ1n) is 7.88. The van der Waals surface area contributed by atoms with Crippen LogP contribution < -0.4 is 11.1 Å². The number of carbonyl (C=O) groups excluding carboxylic acids is 1. The third-order valence-electron chi connectivity index (χ3n) is 4.98. The van der Waals surface area contributed by atoms with Crippen molar-refractivity contribution in [3.05, 3.63) is 0 Å². The Morgan fingerprint density at radius 2 is 2.00 bits per heavy atom. The molecule has 2 aliphatic heterocycles. The van der Waals surface area contributed by atoms with Crippen molar-refractivity contribution in [1.29, 1.82) is 0 Å². The molecule has 0 saturated carbocycles. The van der Waals surface area contributed by atoms with Crippen LogP contribution in [0.25, 0.3) is 0 Å². The summed E-state index contributed by atoms with van der Waals surface area (Å²) in [4.78, 5) is 14.8. The summed E-state index contributed by atoms with van der Waals surface area (Å²) in [6.07, 6.45) is 8.07. The van der Waals surface area contributed by atoms with E-state index in [1.165, 1.54) is 19.3 Å². The van der Waals surface area contributed by atoms with E-state index in [-0.39, 0.29) is 11.8 Å². The summed E-state index contributed by atoms with van der Waals surface area (Å²) in [6, 6.07) is 1.70. The van der Waals surface area contributed by atoms with E-state index in [2.05, 4.69) is 24.2 Å². The van der Waals surface area contributed by atoms with E-state index < -0.39 is 0 Å². The highest BCUT2D eigenvalue weighted by molar-refractivity contribution is 5.79. The molecule has 3 N–H and O–H groups in total.